The number of hydrogen-bond acceptors (Lipinski definition) is 3. The van der Waals surface area contributed by atoms with Gasteiger partial charge in [0.25, 0.3) is 0 Å². The average molecular weight is 230 g/mol. The Balaban J connectivity index is 1.83. The zero-order valence-corrected chi connectivity index (χ0v) is 9.98. The Kier molecular flexibility index (Phi) is 2.77. The van der Waals surface area contributed by atoms with Gasteiger partial charge in [0, 0.05) is 11.1 Å². The van der Waals surface area contributed by atoms with Crippen molar-refractivity contribution in [3.05, 3.63) is 30.0 Å². The molecule has 0 aliphatic carbocycles. The minimum absolute atomic E-state index is 0.802. The molecule has 90 valence electrons. The molecule has 3 heteroatoms. The molecule has 1 fully saturated rings. The van der Waals surface area contributed by atoms with Crippen LogP contribution in [0.15, 0.2) is 28.7 Å². The van der Waals surface area contributed by atoms with Crippen LogP contribution in [-0.2, 0) is 6.54 Å². The van der Waals surface area contributed by atoms with Crippen molar-refractivity contribution in [3.63, 3.8) is 0 Å². The average Bonchev–Trinajstić information content (AvgIpc) is 2.74. The minimum atomic E-state index is 0.802. The van der Waals surface area contributed by atoms with E-state index in [0.717, 1.165) is 29.0 Å². The van der Waals surface area contributed by atoms with E-state index in [0.29, 0.717) is 0 Å². The number of likely N-dealkylation sites (tertiary alicyclic amines) is 1. The maximum Gasteiger partial charge on any atom is 0.136 e. The number of piperidine rings is 1. The van der Waals surface area contributed by atoms with Crippen molar-refractivity contribution in [1.82, 2.24) is 4.90 Å². The van der Waals surface area contributed by atoms with E-state index in [-0.39, 0.29) is 0 Å². The number of nitrogens with two attached hydrogens (primary N) is 1. The molecule has 0 amide bonds. The summed E-state index contributed by atoms with van der Waals surface area (Å²) in [5.41, 5.74) is 7.63. The predicted octanol–water partition coefficient (Wildman–Crippen LogP) is 3.00. The molecule has 1 aliphatic rings. The molecule has 2 aromatic rings. The number of fused-ring (bicyclic) bond motifs is 1. The van der Waals surface area contributed by atoms with Gasteiger partial charge >= 0.3 is 0 Å². The normalized spacial score (nSPS) is 17.6. The molecule has 2 N–H and O–H groups in total. The highest BCUT2D eigenvalue weighted by Gasteiger charge is 2.13. The molecule has 0 saturated carbocycles. The maximum absolute atomic E-state index is 5.93. The molecule has 0 unspecified atom stereocenters. The van der Waals surface area contributed by atoms with Crippen molar-refractivity contribution < 1.29 is 4.42 Å². The van der Waals surface area contributed by atoms with Crippen LogP contribution >= 0.6 is 0 Å². The van der Waals surface area contributed by atoms with Crippen LogP contribution < -0.4 is 5.73 Å². The van der Waals surface area contributed by atoms with Gasteiger partial charge in [0.15, 0.2) is 0 Å². The van der Waals surface area contributed by atoms with Gasteiger partial charge in [0.05, 0.1) is 6.54 Å². The van der Waals surface area contributed by atoms with Crippen molar-refractivity contribution in [2.24, 2.45) is 0 Å². The summed E-state index contributed by atoms with van der Waals surface area (Å²) in [6.45, 7) is 3.28. The van der Waals surface area contributed by atoms with Gasteiger partial charge in [0.1, 0.15) is 11.3 Å². The summed E-state index contributed by atoms with van der Waals surface area (Å²) in [7, 11) is 0. The van der Waals surface area contributed by atoms with Gasteiger partial charge in [-0.05, 0) is 44.1 Å². The molecule has 17 heavy (non-hydrogen) atoms. The van der Waals surface area contributed by atoms with Gasteiger partial charge in [-0.2, -0.15) is 0 Å². The molecule has 2 heterocycles. The molecular weight excluding hydrogens is 212 g/mol. The smallest absolute Gasteiger partial charge is 0.136 e. The zero-order chi connectivity index (χ0) is 11.7. The van der Waals surface area contributed by atoms with Crippen LogP contribution in [-0.4, -0.2) is 18.0 Å². The van der Waals surface area contributed by atoms with Gasteiger partial charge in [-0.3, -0.25) is 4.90 Å². The first-order chi connectivity index (χ1) is 8.33. The Morgan fingerprint density at radius 1 is 1.18 bits per heavy atom. The van der Waals surface area contributed by atoms with Gasteiger partial charge in [0.2, 0.25) is 0 Å². The third-order valence-electron chi connectivity index (χ3n) is 3.47. The monoisotopic (exact) mass is 230 g/mol. The molecular formula is C14H18N2O. The van der Waals surface area contributed by atoms with Gasteiger partial charge in [-0.15, -0.1) is 0 Å². The third kappa shape index (κ3) is 2.15. The molecule has 1 aliphatic heterocycles. The van der Waals surface area contributed by atoms with Gasteiger partial charge < -0.3 is 10.2 Å². The fourth-order valence-electron chi connectivity index (χ4n) is 2.55. The summed E-state index contributed by atoms with van der Waals surface area (Å²) in [4.78, 5) is 2.46. The first-order valence-corrected chi connectivity index (χ1v) is 6.32. The molecule has 0 atom stereocenters. The molecule has 3 nitrogen and oxygen atoms in total. The highest BCUT2D eigenvalue weighted by atomic mass is 16.3. The maximum atomic E-state index is 5.93. The lowest BCUT2D eigenvalue weighted by atomic mass is 10.1. The Labute approximate surface area is 101 Å². The lowest BCUT2D eigenvalue weighted by molar-refractivity contribution is 0.207. The van der Waals surface area contributed by atoms with E-state index < -0.39 is 0 Å². The number of hydrogen-bond donors (Lipinski definition) is 1. The van der Waals surface area contributed by atoms with Crippen LogP contribution in [0.25, 0.3) is 11.0 Å². The van der Waals surface area contributed by atoms with Crippen molar-refractivity contribution >= 4 is 16.7 Å². The molecule has 0 bridgehead atoms. The molecule has 1 aromatic carbocycles. The number of nitrogen functional groups attached to an aromatic ring is 1. The second-order valence-electron chi connectivity index (χ2n) is 4.81. The quantitative estimate of drug-likeness (QED) is 0.806. The third-order valence-corrected chi connectivity index (χ3v) is 3.47. The van der Waals surface area contributed by atoms with Crippen LogP contribution in [0.3, 0.4) is 0 Å². The largest absolute Gasteiger partial charge is 0.460 e. The first kappa shape index (κ1) is 10.7. The highest BCUT2D eigenvalue weighted by molar-refractivity contribution is 5.89. The summed E-state index contributed by atoms with van der Waals surface area (Å²) in [5, 5.41) is 1.04. The van der Waals surface area contributed by atoms with E-state index in [1.165, 1.54) is 32.4 Å². The van der Waals surface area contributed by atoms with Crippen LogP contribution in [0, 0.1) is 0 Å². The zero-order valence-electron chi connectivity index (χ0n) is 9.98. The van der Waals surface area contributed by atoms with Crippen molar-refractivity contribution in [2.45, 2.75) is 25.8 Å². The summed E-state index contributed by atoms with van der Waals surface area (Å²) >= 11 is 0. The van der Waals surface area contributed by atoms with Crippen molar-refractivity contribution in [1.29, 1.82) is 0 Å². The van der Waals surface area contributed by atoms with Crippen LogP contribution in [0.4, 0.5) is 5.69 Å². The second-order valence-corrected chi connectivity index (χ2v) is 4.81. The van der Waals surface area contributed by atoms with Crippen LogP contribution in [0.2, 0.25) is 0 Å². The van der Waals surface area contributed by atoms with Gasteiger partial charge in [-0.25, -0.2) is 0 Å². The number of nitrogens with zero attached hydrogens (tertiary/aromatic N) is 1. The topological polar surface area (TPSA) is 42.4 Å². The molecule has 1 aromatic heterocycles. The molecule has 1 saturated heterocycles. The summed E-state index contributed by atoms with van der Waals surface area (Å²) in [6, 6.07) is 7.92. The molecule has 3 rings (SSSR count). The Morgan fingerprint density at radius 3 is 2.76 bits per heavy atom. The molecule has 0 radical (unpaired) electrons. The van der Waals surface area contributed by atoms with E-state index in [9.17, 15) is 0 Å². The van der Waals surface area contributed by atoms with E-state index >= 15 is 0 Å². The number of rotatable bonds is 2. The Bertz CT molecular complexity index is 512. The Hall–Kier alpha value is -1.48. The molecule has 0 spiro atoms. The van der Waals surface area contributed by atoms with E-state index in [4.69, 9.17) is 10.2 Å². The summed E-state index contributed by atoms with van der Waals surface area (Å²) in [6.07, 6.45) is 3.98. The predicted molar refractivity (Wildman–Crippen MR) is 69.8 cm³/mol. The van der Waals surface area contributed by atoms with Crippen molar-refractivity contribution in [2.75, 3.05) is 18.8 Å². The minimum Gasteiger partial charge on any atom is -0.460 e. The van der Waals surface area contributed by atoms with E-state index in [1.54, 1.807) is 0 Å². The summed E-state index contributed by atoms with van der Waals surface area (Å²) < 4.78 is 5.83. The Morgan fingerprint density at radius 2 is 2.00 bits per heavy atom. The lowest BCUT2D eigenvalue weighted by Gasteiger charge is -2.25. The van der Waals surface area contributed by atoms with Crippen LogP contribution in [0.5, 0.6) is 0 Å². The summed E-state index contributed by atoms with van der Waals surface area (Å²) in [5.74, 6) is 1.03. The fraction of sp³-hybridized carbons (Fsp3) is 0.429. The highest BCUT2D eigenvalue weighted by Crippen LogP contribution is 2.25. The lowest BCUT2D eigenvalue weighted by Crippen LogP contribution is -2.28. The number of furan rings is 1. The van der Waals surface area contributed by atoms with Crippen molar-refractivity contribution in [3.8, 4) is 0 Å². The first-order valence-electron chi connectivity index (χ1n) is 6.32. The fourth-order valence-corrected chi connectivity index (χ4v) is 2.55. The van der Waals surface area contributed by atoms with Crippen LogP contribution in [0.1, 0.15) is 25.0 Å². The van der Waals surface area contributed by atoms with E-state index in [2.05, 4.69) is 11.0 Å². The number of benzene rings is 1. The SMILES string of the molecule is Nc1cccc2oc(CN3CCCCC3)cc12. The number of anilines is 1. The second kappa shape index (κ2) is 4.41. The van der Waals surface area contributed by atoms with E-state index in [1.807, 2.05) is 18.2 Å². The van der Waals surface area contributed by atoms with Gasteiger partial charge in [-0.1, -0.05) is 12.5 Å². The standard InChI is InChI=1S/C14H18N2O/c15-13-5-4-6-14-12(13)9-11(17-14)10-16-7-2-1-3-8-16/h4-6,9H,1-3,7-8,10,15H2.